The Morgan fingerprint density at radius 3 is 2.39 bits per heavy atom. The fraction of sp³-hybridized carbons (Fsp3) is 0.286. The van der Waals surface area contributed by atoms with Crippen molar-refractivity contribution in [2.24, 2.45) is 0 Å². The third-order valence-corrected chi connectivity index (χ3v) is 6.88. The van der Waals surface area contributed by atoms with E-state index in [1.807, 2.05) is 66.9 Å². The first-order valence-electron chi connectivity index (χ1n) is 12.4. The van der Waals surface area contributed by atoms with Crippen molar-refractivity contribution in [3.8, 4) is 0 Å². The molecule has 1 fully saturated rings. The van der Waals surface area contributed by atoms with E-state index >= 15 is 0 Å². The number of anilines is 1. The van der Waals surface area contributed by atoms with Crippen LogP contribution in [0.25, 0.3) is 22.1 Å². The Bertz CT molecular complexity index is 1560. The maximum atomic E-state index is 12.4. The number of benzene rings is 1. The van der Waals surface area contributed by atoms with E-state index in [1.54, 1.807) is 6.20 Å². The van der Waals surface area contributed by atoms with Crippen molar-refractivity contribution in [2.45, 2.75) is 31.8 Å². The lowest BCUT2D eigenvalue weighted by Gasteiger charge is -2.32. The van der Waals surface area contributed by atoms with Crippen LogP contribution in [0.2, 0.25) is 0 Å². The fourth-order valence-electron chi connectivity index (χ4n) is 4.91. The molecule has 222 valence electrons. The molecule has 4 aromatic heterocycles. The number of para-hydroxylation sites is 1. The van der Waals surface area contributed by atoms with Crippen molar-refractivity contribution >= 4 is 65.3 Å². The highest BCUT2D eigenvalue weighted by Crippen LogP contribution is 2.22. The molecule has 0 unspecified atom stereocenters. The molecule has 1 aromatic carbocycles. The second-order valence-corrected chi connectivity index (χ2v) is 9.30. The smallest absolute Gasteiger partial charge is 0.339 e. The molecule has 0 aliphatic carbocycles. The number of aromatic nitrogens is 4. The third-order valence-electron chi connectivity index (χ3n) is 6.88. The molecule has 5 heterocycles. The molecular formula is C28H35Cl3N6O4. The van der Waals surface area contributed by atoms with Crippen LogP contribution in [0.4, 0.5) is 5.95 Å². The van der Waals surface area contributed by atoms with E-state index in [0.29, 0.717) is 24.6 Å². The first kappa shape index (κ1) is 35.8. The molecule has 13 heteroatoms. The summed E-state index contributed by atoms with van der Waals surface area (Å²) in [6.07, 6.45) is 6.32. The highest BCUT2D eigenvalue weighted by Gasteiger charge is 2.22. The van der Waals surface area contributed by atoms with E-state index in [2.05, 4.69) is 24.8 Å². The zero-order valence-corrected chi connectivity index (χ0v) is 24.7. The summed E-state index contributed by atoms with van der Waals surface area (Å²) in [6.45, 7) is 3.40. The van der Waals surface area contributed by atoms with Gasteiger partial charge in [0.15, 0.2) is 5.65 Å². The number of hydrogen-bond acceptors (Lipinski definition) is 7. The van der Waals surface area contributed by atoms with Crippen molar-refractivity contribution in [3.05, 3.63) is 94.7 Å². The van der Waals surface area contributed by atoms with Gasteiger partial charge in [0.2, 0.25) is 5.95 Å². The molecule has 0 spiro atoms. The van der Waals surface area contributed by atoms with Crippen LogP contribution in [0, 0.1) is 0 Å². The number of rotatable bonds is 7. The van der Waals surface area contributed by atoms with Gasteiger partial charge in [-0.15, -0.1) is 37.2 Å². The highest BCUT2D eigenvalue weighted by atomic mass is 35.5. The van der Waals surface area contributed by atoms with Crippen molar-refractivity contribution < 1.29 is 15.4 Å². The molecule has 6 rings (SSSR count). The van der Waals surface area contributed by atoms with Crippen LogP contribution in [-0.4, -0.2) is 61.0 Å². The van der Waals surface area contributed by atoms with Crippen molar-refractivity contribution in [1.82, 2.24) is 24.4 Å². The Kier molecular flexibility index (Phi) is 14.2. The lowest BCUT2D eigenvalue weighted by atomic mass is 10.0. The third kappa shape index (κ3) is 8.16. The zero-order valence-electron chi connectivity index (χ0n) is 22.2. The van der Waals surface area contributed by atoms with Crippen LogP contribution >= 0.6 is 37.2 Å². The molecule has 1 aliphatic rings. The summed E-state index contributed by atoms with van der Waals surface area (Å²) >= 11 is 0. The maximum absolute atomic E-state index is 12.4. The normalized spacial score (nSPS) is 13.2. The molecule has 1 saturated heterocycles. The number of piperidine rings is 1. The second-order valence-electron chi connectivity index (χ2n) is 9.30. The van der Waals surface area contributed by atoms with E-state index in [9.17, 15) is 4.79 Å². The molecule has 10 nitrogen and oxygen atoms in total. The number of nitrogens with zero attached hydrogens (tertiary/aromatic N) is 5. The van der Waals surface area contributed by atoms with Gasteiger partial charge in [-0.3, -0.25) is 9.55 Å². The first-order valence-corrected chi connectivity index (χ1v) is 12.4. The molecule has 0 saturated carbocycles. The van der Waals surface area contributed by atoms with Crippen LogP contribution in [0.1, 0.15) is 24.1 Å². The summed E-state index contributed by atoms with van der Waals surface area (Å²) in [5.41, 5.74) is 3.86. The molecule has 41 heavy (non-hydrogen) atoms. The number of halogens is 3. The van der Waals surface area contributed by atoms with Crippen molar-refractivity contribution in [2.75, 3.05) is 25.0 Å². The second kappa shape index (κ2) is 16.3. The predicted octanol–water partition coefficient (Wildman–Crippen LogP) is 3.72. The number of likely N-dealkylation sites (tertiary alicyclic amines) is 1. The number of fused-ring (bicyclic) bond motifs is 2. The van der Waals surface area contributed by atoms with Crippen LogP contribution in [-0.2, 0) is 13.0 Å². The standard InChI is InChI=1S/C28H28N6O2.3ClH.2H2O/c35-27-21(18-20-6-1-2-9-25(20)36-27)10-15-33-16-11-22(12-17-33)31-28-32-24-8-5-14-30-26(24)34(28)19-23-7-3-4-13-29-23;;;;;/h1-9,13-14,18,22H,10-12,15-17,19H2,(H,31,32);3*1H;2*1H2. The average molecular weight is 626 g/mol. The summed E-state index contributed by atoms with van der Waals surface area (Å²) in [5, 5.41) is 4.65. The zero-order chi connectivity index (χ0) is 24.3. The minimum absolute atomic E-state index is 0. The van der Waals surface area contributed by atoms with Gasteiger partial charge in [0.05, 0.1) is 12.2 Å². The molecule has 5 N–H and O–H groups in total. The summed E-state index contributed by atoms with van der Waals surface area (Å²) < 4.78 is 7.61. The largest absolute Gasteiger partial charge is 0.423 e. The summed E-state index contributed by atoms with van der Waals surface area (Å²) in [6, 6.07) is 19.8. The molecule has 0 radical (unpaired) electrons. The SMILES string of the molecule is Cl.Cl.Cl.O.O.O=c1oc2ccccc2cc1CCN1CCC(Nc2nc3cccnc3n2Cc2ccccn2)CC1. The van der Waals surface area contributed by atoms with E-state index in [0.717, 1.165) is 66.2 Å². The minimum Gasteiger partial charge on any atom is -0.423 e. The molecule has 0 amide bonds. The van der Waals surface area contributed by atoms with Crippen molar-refractivity contribution in [1.29, 1.82) is 0 Å². The van der Waals surface area contributed by atoms with Crippen LogP contribution in [0.15, 0.2) is 82.3 Å². The topological polar surface area (TPSA) is 152 Å². The van der Waals surface area contributed by atoms with Crippen LogP contribution < -0.4 is 10.9 Å². The van der Waals surface area contributed by atoms with Crippen molar-refractivity contribution in [3.63, 3.8) is 0 Å². The van der Waals surface area contributed by atoms with Gasteiger partial charge in [-0.25, -0.2) is 14.8 Å². The lowest BCUT2D eigenvalue weighted by Crippen LogP contribution is -2.40. The molecule has 0 bridgehead atoms. The van der Waals surface area contributed by atoms with Gasteiger partial charge in [0.1, 0.15) is 11.1 Å². The van der Waals surface area contributed by atoms with Gasteiger partial charge in [0, 0.05) is 49.0 Å². The van der Waals surface area contributed by atoms with Gasteiger partial charge in [-0.2, -0.15) is 0 Å². The fourth-order valence-corrected chi connectivity index (χ4v) is 4.91. The summed E-state index contributed by atoms with van der Waals surface area (Å²) in [5.74, 6) is 0.835. The van der Waals surface area contributed by atoms with Gasteiger partial charge in [0.25, 0.3) is 0 Å². The quantitative estimate of drug-likeness (QED) is 0.271. The Morgan fingerprint density at radius 1 is 0.902 bits per heavy atom. The van der Waals surface area contributed by atoms with E-state index in [1.165, 1.54) is 0 Å². The molecule has 0 atom stereocenters. The first-order chi connectivity index (χ1) is 17.7. The average Bonchev–Trinajstić information content (AvgIpc) is 3.25. The Balaban J connectivity index is 0.00000168. The van der Waals surface area contributed by atoms with Crippen LogP contribution in [0.3, 0.4) is 0 Å². The van der Waals surface area contributed by atoms with E-state index in [4.69, 9.17) is 9.40 Å². The lowest BCUT2D eigenvalue weighted by molar-refractivity contribution is 0.220. The number of nitrogens with one attached hydrogen (secondary N) is 1. The van der Waals surface area contributed by atoms with Gasteiger partial charge >= 0.3 is 5.63 Å². The molecule has 1 aliphatic heterocycles. The Hall–Kier alpha value is -3.25. The van der Waals surface area contributed by atoms with Gasteiger partial charge in [-0.05, 0) is 55.7 Å². The monoisotopic (exact) mass is 624 g/mol. The van der Waals surface area contributed by atoms with E-state index in [-0.39, 0.29) is 53.8 Å². The predicted molar refractivity (Wildman–Crippen MR) is 169 cm³/mol. The number of hydrogen-bond donors (Lipinski definition) is 1. The van der Waals surface area contributed by atoms with Gasteiger partial charge in [-0.1, -0.05) is 24.3 Å². The Morgan fingerprint density at radius 2 is 1.63 bits per heavy atom. The molecule has 5 aromatic rings. The Labute approximate surface area is 256 Å². The summed E-state index contributed by atoms with van der Waals surface area (Å²) in [7, 11) is 0. The number of pyridine rings is 2. The summed E-state index contributed by atoms with van der Waals surface area (Å²) in [4.78, 5) is 28.7. The minimum atomic E-state index is -0.231. The molecular weight excluding hydrogens is 591 g/mol. The maximum Gasteiger partial charge on any atom is 0.339 e. The van der Waals surface area contributed by atoms with Crippen LogP contribution in [0.5, 0.6) is 0 Å². The number of imidazole rings is 1. The van der Waals surface area contributed by atoms with E-state index < -0.39 is 0 Å². The highest BCUT2D eigenvalue weighted by molar-refractivity contribution is 5.86. The van der Waals surface area contributed by atoms with Gasteiger partial charge < -0.3 is 25.6 Å².